The minimum atomic E-state index is -5.12. The Morgan fingerprint density at radius 2 is 1.86 bits per heavy atom. The molecule has 0 spiro atoms. The lowest BCUT2D eigenvalue weighted by Gasteiger charge is -2.18. The highest BCUT2D eigenvalue weighted by molar-refractivity contribution is 6.32. The summed E-state index contributed by atoms with van der Waals surface area (Å²) in [6, 6.07) is 8.86. The number of hydrogen-bond acceptors (Lipinski definition) is 8. The Bertz CT molecular complexity index is 1610. The van der Waals surface area contributed by atoms with Crippen LogP contribution < -0.4 is 15.4 Å². The number of likely N-dealkylation sites (tertiary alicyclic amines) is 1. The number of nitrogens with one attached hydrogen (secondary N) is 2. The van der Waals surface area contributed by atoms with Crippen molar-refractivity contribution in [3.8, 4) is 11.5 Å². The number of amides is 1. The number of esters is 1. The number of alkyl halides is 6. The minimum absolute atomic E-state index is 0.0557. The lowest BCUT2D eigenvalue weighted by molar-refractivity contribution is -0.204. The Morgan fingerprint density at radius 1 is 1.07 bits per heavy atom. The molecule has 1 fully saturated rings. The van der Waals surface area contributed by atoms with E-state index in [2.05, 4.69) is 25.3 Å². The van der Waals surface area contributed by atoms with E-state index < -0.39 is 35.9 Å². The lowest BCUT2D eigenvalue weighted by Crippen LogP contribution is -2.34. The summed E-state index contributed by atoms with van der Waals surface area (Å²) in [4.78, 5) is 34.3. The zero-order valence-corrected chi connectivity index (χ0v) is 23.2. The molecule has 0 radical (unpaired) electrons. The number of aromatic nitrogens is 2. The maximum Gasteiger partial charge on any atom is 0.490 e. The number of ether oxygens (including phenoxy) is 2. The maximum atomic E-state index is 13.3. The molecule has 1 aromatic heterocycles. The summed E-state index contributed by atoms with van der Waals surface area (Å²) in [6.07, 6.45) is -7.53. The molecule has 2 N–H and O–H groups in total. The topological polar surface area (TPSA) is 106 Å². The van der Waals surface area contributed by atoms with Gasteiger partial charge >= 0.3 is 18.3 Å². The number of benzene rings is 2. The Labute approximate surface area is 250 Å². The van der Waals surface area contributed by atoms with Gasteiger partial charge in [0.25, 0.3) is 0 Å². The summed E-state index contributed by atoms with van der Waals surface area (Å²) in [7, 11) is 0. The molecule has 1 unspecified atom stereocenters. The van der Waals surface area contributed by atoms with Crippen molar-refractivity contribution in [2.75, 3.05) is 30.3 Å². The Kier molecular flexibility index (Phi) is 8.59. The first-order chi connectivity index (χ1) is 20.8. The quantitative estimate of drug-likeness (QED) is 0.230. The van der Waals surface area contributed by atoms with Gasteiger partial charge in [-0.2, -0.15) is 26.3 Å². The van der Waals surface area contributed by atoms with Gasteiger partial charge in [0.1, 0.15) is 35.6 Å². The van der Waals surface area contributed by atoms with Crippen LogP contribution in [-0.2, 0) is 20.5 Å². The van der Waals surface area contributed by atoms with E-state index in [1.165, 1.54) is 35.5 Å². The van der Waals surface area contributed by atoms with E-state index in [0.717, 1.165) is 12.1 Å². The second-order valence-electron chi connectivity index (χ2n) is 9.79. The van der Waals surface area contributed by atoms with Crippen LogP contribution >= 0.6 is 11.6 Å². The van der Waals surface area contributed by atoms with Crippen molar-refractivity contribution >= 4 is 46.9 Å². The normalized spacial score (nSPS) is 16.8. The van der Waals surface area contributed by atoms with Crippen LogP contribution in [0.3, 0.4) is 0 Å². The van der Waals surface area contributed by atoms with Gasteiger partial charge in [0.2, 0.25) is 5.91 Å². The average molecular weight is 642 g/mol. The molecule has 3 aromatic rings. The zero-order valence-electron chi connectivity index (χ0n) is 22.4. The zero-order chi connectivity index (χ0) is 31.6. The molecule has 1 saturated heterocycles. The van der Waals surface area contributed by atoms with Crippen molar-refractivity contribution in [1.29, 1.82) is 0 Å². The number of hydrogen-bond donors (Lipinski definition) is 2. The number of halogens is 7. The van der Waals surface area contributed by atoms with Crippen molar-refractivity contribution < 1.29 is 45.4 Å². The first-order valence-electron chi connectivity index (χ1n) is 13.1. The molecule has 1 amide bonds. The smallest absolute Gasteiger partial charge is 0.456 e. The van der Waals surface area contributed by atoms with Crippen molar-refractivity contribution in [1.82, 2.24) is 14.9 Å². The molecular formula is C28H22ClF6N5O4. The summed E-state index contributed by atoms with van der Waals surface area (Å²) in [6.45, 7) is 0.257. The number of anilines is 3. The van der Waals surface area contributed by atoms with Crippen LogP contribution in [0.5, 0.6) is 11.5 Å². The van der Waals surface area contributed by atoms with Crippen LogP contribution in [0, 0.1) is 0 Å². The summed E-state index contributed by atoms with van der Waals surface area (Å²) >= 11 is 6.36. The molecule has 232 valence electrons. The van der Waals surface area contributed by atoms with E-state index in [1.54, 1.807) is 12.1 Å². The molecule has 16 heteroatoms. The summed E-state index contributed by atoms with van der Waals surface area (Å²) < 4.78 is 86.9. The fourth-order valence-corrected chi connectivity index (χ4v) is 4.81. The number of fused-ring (bicyclic) bond motifs is 1. The molecule has 5 rings (SSSR count). The monoisotopic (exact) mass is 641 g/mol. The average Bonchev–Trinajstić information content (AvgIpc) is 3.31. The number of nitrogens with zero attached hydrogens (tertiary/aromatic N) is 3. The van der Waals surface area contributed by atoms with Gasteiger partial charge < -0.3 is 25.0 Å². The van der Waals surface area contributed by atoms with E-state index in [1.807, 2.05) is 0 Å². The molecule has 2 aliphatic rings. The van der Waals surface area contributed by atoms with Crippen molar-refractivity contribution in [3.05, 3.63) is 70.5 Å². The van der Waals surface area contributed by atoms with E-state index in [9.17, 15) is 35.9 Å². The van der Waals surface area contributed by atoms with E-state index in [4.69, 9.17) is 16.3 Å². The molecule has 9 nitrogen and oxygen atoms in total. The van der Waals surface area contributed by atoms with Crippen molar-refractivity contribution in [2.24, 2.45) is 0 Å². The van der Waals surface area contributed by atoms with Gasteiger partial charge in [-0.05, 0) is 48.9 Å². The number of carbonyl (C=O) groups excluding carboxylic acids is 2. The SMILES string of the molecule is O=C(C1=Cc2c(ncnc2Nc2ccc(Oc3cccc(C(F)(F)F)c3)c(Cl)c2)NCC1)N1CCC(OC(=O)C(F)(F)F)C1. The van der Waals surface area contributed by atoms with Crippen LogP contribution in [0.1, 0.15) is 24.0 Å². The van der Waals surface area contributed by atoms with Gasteiger partial charge in [-0.15, -0.1) is 0 Å². The maximum absolute atomic E-state index is 13.3. The fourth-order valence-electron chi connectivity index (χ4n) is 4.59. The van der Waals surface area contributed by atoms with Crippen LogP contribution in [0.2, 0.25) is 5.02 Å². The molecule has 44 heavy (non-hydrogen) atoms. The van der Waals surface area contributed by atoms with E-state index in [-0.39, 0.29) is 48.3 Å². The molecular weight excluding hydrogens is 620 g/mol. The highest BCUT2D eigenvalue weighted by Gasteiger charge is 2.43. The fraction of sp³-hybridized carbons (Fsp3) is 0.286. The summed E-state index contributed by atoms with van der Waals surface area (Å²) in [5.74, 6) is -1.97. The predicted octanol–water partition coefficient (Wildman–Crippen LogP) is 6.59. The standard InChI is InChI=1S/C28H22ClF6N5O4/c29-21-12-17(4-5-22(21)43-18-3-1-2-16(11-18)27(30,31)32)39-24-20-10-15(6-8-36-23(20)37-14-38-24)25(41)40-9-7-19(13-40)44-26(42)28(33,34)35/h1-5,10-12,14,19H,6-9,13H2,(H2,36,37,38,39). The van der Waals surface area contributed by atoms with Crippen molar-refractivity contribution in [3.63, 3.8) is 0 Å². The van der Waals surface area contributed by atoms with Crippen LogP contribution in [0.15, 0.2) is 54.4 Å². The summed E-state index contributed by atoms with van der Waals surface area (Å²) in [5, 5.41) is 6.28. The lowest BCUT2D eigenvalue weighted by atomic mass is 10.1. The van der Waals surface area contributed by atoms with Gasteiger partial charge in [0, 0.05) is 30.8 Å². The predicted molar refractivity (Wildman–Crippen MR) is 147 cm³/mol. The molecule has 1 atom stereocenters. The van der Waals surface area contributed by atoms with Crippen LogP contribution in [0.4, 0.5) is 43.7 Å². The van der Waals surface area contributed by atoms with Gasteiger partial charge in [0.05, 0.1) is 22.7 Å². The van der Waals surface area contributed by atoms with Gasteiger partial charge in [-0.25, -0.2) is 14.8 Å². The van der Waals surface area contributed by atoms with E-state index in [0.29, 0.717) is 29.2 Å². The van der Waals surface area contributed by atoms with Crippen molar-refractivity contribution in [2.45, 2.75) is 31.3 Å². The van der Waals surface area contributed by atoms with Gasteiger partial charge in [-0.1, -0.05) is 17.7 Å². The highest BCUT2D eigenvalue weighted by Crippen LogP contribution is 2.37. The minimum Gasteiger partial charge on any atom is -0.456 e. The second-order valence-corrected chi connectivity index (χ2v) is 10.2. The van der Waals surface area contributed by atoms with Gasteiger partial charge in [0.15, 0.2) is 0 Å². The Balaban J connectivity index is 1.31. The molecule has 0 aliphatic carbocycles. The number of rotatable bonds is 6. The molecule has 2 aliphatic heterocycles. The van der Waals surface area contributed by atoms with Crippen LogP contribution in [0.25, 0.3) is 6.08 Å². The third kappa shape index (κ3) is 7.15. The number of carbonyl (C=O) groups is 2. The molecule has 0 saturated carbocycles. The second kappa shape index (κ2) is 12.2. The summed E-state index contributed by atoms with van der Waals surface area (Å²) in [5.41, 5.74) is 0.322. The first kappa shape index (κ1) is 30.9. The highest BCUT2D eigenvalue weighted by atomic mass is 35.5. The third-order valence-electron chi connectivity index (χ3n) is 6.69. The third-order valence-corrected chi connectivity index (χ3v) is 6.98. The molecule has 3 heterocycles. The van der Waals surface area contributed by atoms with Gasteiger partial charge in [-0.3, -0.25) is 4.79 Å². The van der Waals surface area contributed by atoms with Crippen LogP contribution in [-0.4, -0.2) is 58.7 Å². The Morgan fingerprint density at radius 3 is 2.59 bits per heavy atom. The first-order valence-corrected chi connectivity index (χ1v) is 13.4. The molecule has 0 bridgehead atoms. The molecule has 2 aromatic carbocycles. The van der Waals surface area contributed by atoms with E-state index >= 15 is 0 Å². The largest absolute Gasteiger partial charge is 0.490 e. The Hall–Kier alpha value is -4.53.